The smallest absolute Gasteiger partial charge is 0.0499 e. The highest BCUT2D eigenvalue weighted by Gasteiger charge is 2.32. The molecule has 102 valence electrons. The van der Waals surface area contributed by atoms with Crippen molar-refractivity contribution in [3.63, 3.8) is 0 Å². The molecule has 3 rings (SSSR count). The molecule has 3 heteroatoms. The highest BCUT2D eigenvalue weighted by Crippen LogP contribution is 2.40. The fraction of sp³-hybridized carbons (Fsp3) is 0.176. The van der Waals surface area contributed by atoms with Crippen molar-refractivity contribution >= 4 is 41.1 Å². The van der Waals surface area contributed by atoms with Gasteiger partial charge in [0.05, 0.1) is 0 Å². The maximum atomic E-state index is 4.14. The first-order valence-electron chi connectivity index (χ1n) is 6.59. The van der Waals surface area contributed by atoms with Gasteiger partial charge in [0.25, 0.3) is 0 Å². The molecule has 1 unspecified atom stereocenters. The zero-order valence-corrected chi connectivity index (χ0v) is 14.2. The second-order valence-electron chi connectivity index (χ2n) is 5.13. The quantitative estimate of drug-likeness (QED) is 0.497. The third-order valence-corrected chi connectivity index (χ3v) is 6.02. The van der Waals surface area contributed by atoms with Crippen molar-refractivity contribution in [3.05, 3.63) is 72.3 Å². The van der Waals surface area contributed by atoms with Crippen LogP contribution in [-0.4, -0.2) is 10.3 Å². The lowest BCUT2D eigenvalue weighted by Crippen LogP contribution is -2.37. The van der Waals surface area contributed by atoms with E-state index in [1.165, 1.54) is 27.5 Å². The van der Waals surface area contributed by atoms with E-state index < -0.39 is 0 Å². The molecule has 1 aliphatic carbocycles. The predicted octanol–water partition coefficient (Wildman–Crippen LogP) is 5.52. The van der Waals surface area contributed by atoms with Gasteiger partial charge >= 0.3 is 0 Å². The Kier molecular flexibility index (Phi) is 4.19. The van der Waals surface area contributed by atoms with Gasteiger partial charge in [0.15, 0.2) is 0 Å². The number of fused-ring (bicyclic) bond motifs is 1. The van der Waals surface area contributed by atoms with Crippen molar-refractivity contribution in [2.24, 2.45) is 0 Å². The Morgan fingerprint density at radius 3 is 2.60 bits per heavy atom. The van der Waals surface area contributed by atoms with E-state index in [2.05, 4.69) is 81.1 Å². The van der Waals surface area contributed by atoms with Crippen molar-refractivity contribution in [3.8, 4) is 0 Å². The molecule has 0 heterocycles. The Hall–Kier alpha value is -0.780. The summed E-state index contributed by atoms with van der Waals surface area (Å²) >= 11 is 2.36. The zero-order valence-electron chi connectivity index (χ0n) is 11.2. The first-order chi connectivity index (χ1) is 9.70. The monoisotopic (exact) mass is 393 g/mol. The molecule has 1 atom stereocenters. The lowest BCUT2D eigenvalue weighted by atomic mass is 9.82. The molecule has 1 fully saturated rings. The third-order valence-electron chi connectivity index (χ3n) is 3.94. The molecule has 1 aliphatic rings. The van der Waals surface area contributed by atoms with Gasteiger partial charge in [0, 0.05) is 33.8 Å². The van der Waals surface area contributed by atoms with Crippen LogP contribution in [-0.2, 0) is 6.54 Å². The minimum absolute atomic E-state index is 0.434. The van der Waals surface area contributed by atoms with Crippen LogP contribution in [0.2, 0.25) is 0 Å². The van der Waals surface area contributed by atoms with Crippen LogP contribution in [0.5, 0.6) is 0 Å². The van der Waals surface area contributed by atoms with E-state index in [0.29, 0.717) is 6.04 Å². The van der Waals surface area contributed by atoms with Crippen molar-refractivity contribution in [2.45, 2.75) is 19.0 Å². The molecule has 0 radical (unpaired) electrons. The zero-order chi connectivity index (χ0) is 14.1. The van der Waals surface area contributed by atoms with Gasteiger partial charge in [-0.2, -0.15) is 0 Å². The minimum atomic E-state index is 0.434. The second-order valence-corrected chi connectivity index (χ2v) is 6.92. The van der Waals surface area contributed by atoms with Gasteiger partial charge < -0.3 is 0 Å². The maximum absolute atomic E-state index is 4.14. The topological polar surface area (TPSA) is 3.24 Å². The van der Waals surface area contributed by atoms with Gasteiger partial charge in [0.1, 0.15) is 0 Å². The standard InChI is InChI=1S/C17H16INS/c1-12-10-17(13(12)2)19(20-18)11-15-8-5-7-14-6-3-4-9-16(14)15/h3-9,17H,1-2,10-11H2. The van der Waals surface area contributed by atoms with E-state index in [1.54, 1.807) is 9.12 Å². The number of hydrogen-bond acceptors (Lipinski definition) is 2. The Labute approximate surface area is 136 Å². The summed E-state index contributed by atoms with van der Waals surface area (Å²) in [5.74, 6) is 0. The van der Waals surface area contributed by atoms with Gasteiger partial charge in [-0.1, -0.05) is 55.6 Å². The molecule has 0 spiro atoms. The third kappa shape index (κ3) is 2.54. The summed E-state index contributed by atoms with van der Waals surface area (Å²) in [7, 11) is 1.76. The Morgan fingerprint density at radius 2 is 1.90 bits per heavy atom. The molecule has 0 amide bonds. The highest BCUT2D eigenvalue weighted by atomic mass is 127. The lowest BCUT2D eigenvalue weighted by Gasteiger charge is -2.39. The maximum Gasteiger partial charge on any atom is 0.0499 e. The van der Waals surface area contributed by atoms with Crippen LogP contribution in [0, 0.1) is 0 Å². The Balaban J connectivity index is 1.88. The van der Waals surface area contributed by atoms with Gasteiger partial charge in [-0.05, 0) is 43.0 Å². The van der Waals surface area contributed by atoms with Crippen molar-refractivity contribution in [2.75, 3.05) is 0 Å². The SMILES string of the molecule is C=C1CC(N(Cc2cccc3ccccc23)SI)C1=C. The van der Waals surface area contributed by atoms with Crippen LogP contribution in [0.1, 0.15) is 12.0 Å². The van der Waals surface area contributed by atoms with Crippen molar-refractivity contribution in [1.29, 1.82) is 0 Å². The lowest BCUT2D eigenvalue weighted by molar-refractivity contribution is 0.357. The van der Waals surface area contributed by atoms with E-state index in [9.17, 15) is 0 Å². The molecule has 0 bridgehead atoms. The first-order valence-corrected chi connectivity index (χ1v) is 9.91. The van der Waals surface area contributed by atoms with Crippen molar-refractivity contribution in [1.82, 2.24) is 4.31 Å². The van der Waals surface area contributed by atoms with Crippen LogP contribution in [0.4, 0.5) is 0 Å². The average Bonchev–Trinajstić information content (AvgIpc) is 2.50. The molecule has 0 saturated heterocycles. The number of rotatable bonds is 4. The molecule has 1 nitrogen and oxygen atoms in total. The highest BCUT2D eigenvalue weighted by molar-refractivity contribution is 14.2. The minimum Gasteiger partial charge on any atom is -0.229 e. The predicted molar refractivity (Wildman–Crippen MR) is 97.8 cm³/mol. The summed E-state index contributed by atoms with van der Waals surface area (Å²) < 4.78 is 2.40. The summed E-state index contributed by atoms with van der Waals surface area (Å²) in [6.07, 6.45) is 1.04. The molecule has 2 aromatic carbocycles. The van der Waals surface area contributed by atoms with E-state index in [-0.39, 0.29) is 0 Å². The summed E-state index contributed by atoms with van der Waals surface area (Å²) in [4.78, 5) is 0. The van der Waals surface area contributed by atoms with Crippen LogP contribution in [0.25, 0.3) is 10.8 Å². The fourth-order valence-corrected chi connectivity index (χ4v) is 4.38. The molecular formula is C17H16INS. The molecule has 1 saturated carbocycles. The number of benzene rings is 2. The second kappa shape index (κ2) is 5.92. The normalized spacial score (nSPS) is 18.6. The molecular weight excluding hydrogens is 377 g/mol. The van der Waals surface area contributed by atoms with Gasteiger partial charge in [0.2, 0.25) is 0 Å². The average molecular weight is 393 g/mol. The largest absolute Gasteiger partial charge is 0.229 e. The van der Waals surface area contributed by atoms with Crippen LogP contribution >= 0.6 is 30.3 Å². The van der Waals surface area contributed by atoms with E-state index in [1.807, 2.05) is 0 Å². The Bertz CT molecular complexity index is 674. The van der Waals surface area contributed by atoms with E-state index in [4.69, 9.17) is 0 Å². The molecule has 0 aliphatic heterocycles. The Morgan fingerprint density at radius 1 is 1.15 bits per heavy atom. The summed E-state index contributed by atoms with van der Waals surface area (Å²) in [6, 6.07) is 15.5. The van der Waals surface area contributed by atoms with Gasteiger partial charge in [-0.25, -0.2) is 4.31 Å². The molecule has 20 heavy (non-hydrogen) atoms. The van der Waals surface area contributed by atoms with Crippen molar-refractivity contribution < 1.29 is 0 Å². The number of hydrogen-bond donors (Lipinski definition) is 0. The number of nitrogens with zero attached hydrogens (tertiary/aromatic N) is 1. The van der Waals surface area contributed by atoms with Crippen LogP contribution < -0.4 is 0 Å². The number of halogens is 1. The summed E-state index contributed by atoms with van der Waals surface area (Å²) in [6.45, 7) is 9.10. The van der Waals surface area contributed by atoms with E-state index in [0.717, 1.165) is 13.0 Å². The van der Waals surface area contributed by atoms with Gasteiger partial charge in [-0.15, -0.1) is 0 Å². The first kappa shape index (κ1) is 14.2. The summed E-state index contributed by atoms with van der Waals surface area (Å²) in [5.41, 5.74) is 3.76. The molecule has 2 aromatic rings. The van der Waals surface area contributed by atoms with E-state index >= 15 is 0 Å². The van der Waals surface area contributed by atoms with Crippen LogP contribution in [0.3, 0.4) is 0 Å². The van der Waals surface area contributed by atoms with Crippen LogP contribution in [0.15, 0.2) is 66.8 Å². The fourth-order valence-electron chi connectivity index (χ4n) is 2.65. The summed E-state index contributed by atoms with van der Waals surface area (Å²) in [5, 5.41) is 2.65. The van der Waals surface area contributed by atoms with Gasteiger partial charge in [-0.3, -0.25) is 0 Å². The molecule has 0 N–H and O–H groups in total. The molecule has 0 aromatic heterocycles.